The number of alkyl halides is 3. The summed E-state index contributed by atoms with van der Waals surface area (Å²) in [6, 6.07) is 18.1. The van der Waals surface area contributed by atoms with E-state index < -0.39 is 53.6 Å². The molecule has 6 rings (SSSR count). The van der Waals surface area contributed by atoms with Crippen molar-refractivity contribution in [2.75, 3.05) is 11.5 Å². The number of piperidine rings is 1. The van der Waals surface area contributed by atoms with Crippen molar-refractivity contribution < 1.29 is 51.4 Å². The molecule has 0 spiro atoms. The van der Waals surface area contributed by atoms with Gasteiger partial charge in [0.05, 0.1) is 35.6 Å². The average molecular weight is 815 g/mol. The number of amides is 4. The zero-order valence-corrected chi connectivity index (χ0v) is 33.8. The first-order valence-corrected chi connectivity index (χ1v) is 20.0. The summed E-state index contributed by atoms with van der Waals surface area (Å²) in [6.07, 6.45) is -0.349. The Kier molecular flexibility index (Phi) is 12.6. The fraction of sp³-hybridized carbons (Fsp3) is 0.435. The normalized spacial score (nSPS) is 20.8. The number of carbonyl (C=O) groups is 6. The van der Waals surface area contributed by atoms with Crippen LogP contribution in [0.1, 0.15) is 99.3 Å². The minimum absolute atomic E-state index is 0.0455. The van der Waals surface area contributed by atoms with E-state index in [1.165, 1.54) is 15.9 Å². The molecule has 2 aliphatic heterocycles. The molecule has 13 heteroatoms. The molecule has 0 aromatic heterocycles. The highest BCUT2D eigenvalue weighted by Gasteiger charge is 2.63. The molecular formula is C46H49F3N2O8. The molecule has 4 unspecified atom stereocenters. The van der Waals surface area contributed by atoms with Crippen molar-refractivity contribution in [1.29, 1.82) is 0 Å². The van der Waals surface area contributed by atoms with Crippen molar-refractivity contribution in [1.82, 2.24) is 4.90 Å². The number of likely N-dealkylation sites (tertiary alicyclic amines) is 1. The number of esters is 2. The molecule has 59 heavy (non-hydrogen) atoms. The number of imide groups is 2. The fourth-order valence-corrected chi connectivity index (χ4v) is 8.50. The van der Waals surface area contributed by atoms with Gasteiger partial charge in [-0.3, -0.25) is 29.0 Å². The molecule has 3 fully saturated rings. The number of hydrogen-bond donors (Lipinski definition) is 0. The van der Waals surface area contributed by atoms with Crippen LogP contribution in [0.3, 0.4) is 0 Å². The van der Waals surface area contributed by atoms with Crippen molar-refractivity contribution in [2.45, 2.75) is 97.2 Å². The van der Waals surface area contributed by atoms with Crippen LogP contribution in [0.4, 0.5) is 18.9 Å². The third-order valence-electron chi connectivity index (χ3n) is 11.3. The Morgan fingerprint density at radius 2 is 1.54 bits per heavy atom. The zero-order valence-electron chi connectivity index (χ0n) is 33.8. The van der Waals surface area contributed by atoms with Gasteiger partial charge in [-0.2, -0.15) is 13.2 Å². The zero-order chi connectivity index (χ0) is 42.8. The van der Waals surface area contributed by atoms with E-state index in [4.69, 9.17) is 9.47 Å². The average Bonchev–Trinajstić information content (AvgIpc) is 3.66. The minimum atomic E-state index is -4.16. The first kappa shape index (κ1) is 43.0. The fourth-order valence-electron chi connectivity index (χ4n) is 8.50. The van der Waals surface area contributed by atoms with E-state index in [-0.39, 0.29) is 54.9 Å². The number of unbranched alkanes of at least 4 members (excludes halogenated alkanes) is 1. The molecule has 1 aliphatic carbocycles. The number of ether oxygens (including phenoxy) is 2. The van der Waals surface area contributed by atoms with Crippen LogP contribution in [0.5, 0.6) is 5.75 Å². The number of carbonyl (C=O) groups excluding carboxylic acids is 6. The van der Waals surface area contributed by atoms with Gasteiger partial charge in [0.1, 0.15) is 5.75 Å². The third-order valence-corrected chi connectivity index (χ3v) is 11.3. The van der Waals surface area contributed by atoms with Crippen LogP contribution in [0.15, 0.2) is 72.8 Å². The smallest absolute Gasteiger partial charge is 0.389 e. The second-order valence-corrected chi connectivity index (χ2v) is 16.9. The molecule has 3 aromatic rings. The Morgan fingerprint density at radius 1 is 0.847 bits per heavy atom. The number of aryl methyl sites for hydroxylation is 1. The van der Waals surface area contributed by atoms with E-state index in [1.807, 2.05) is 32.9 Å². The number of rotatable bonds is 13. The lowest BCUT2D eigenvalue weighted by atomic mass is 9.81. The molecule has 0 radical (unpaired) electrons. The molecule has 1 saturated carbocycles. The number of hydrogen-bond acceptors (Lipinski definition) is 8. The maximum absolute atomic E-state index is 13.9. The summed E-state index contributed by atoms with van der Waals surface area (Å²) in [5.74, 6) is -4.71. The predicted molar refractivity (Wildman–Crippen MR) is 213 cm³/mol. The van der Waals surface area contributed by atoms with E-state index in [9.17, 15) is 41.9 Å². The van der Waals surface area contributed by atoms with Crippen LogP contribution in [0.25, 0.3) is 6.08 Å². The number of anilines is 1. The van der Waals surface area contributed by atoms with Crippen molar-refractivity contribution in [3.63, 3.8) is 0 Å². The molecule has 2 saturated heterocycles. The standard InChI is InChI=1S/C46H49F3N2O8/c1-27(2)50-37(52)25-32-24-35-40(39(32)42(50)55)43(56)51(41(35)54)33-17-16-30(36(26-33)45(3,4)5)21-23-58-38(53)20-13-29-11-18-34(19-12-29)59-44(57)31-14-9-28(10-15-31)8-6-7-22-46(47,48)49/h9-20,26-27,32,35,39-40H,6-8,21-25H2,1-5H3/b20-13+. The Hall–Kier alpha value is -5.59. The summed E-state index contributed by atoms with van der Waals surface area (Å²) in [5.41, 5.74) is 3.58. The maximum Gasteiger partial charge on any atom is 0.389 e. The molecule has 0 bridgehead atoms. The monoisotopic (exact) mass is 814 g/mol. The second-order valence-electron chi connectivity index (χ2n) is 16.9. The molecule has 312 valence electrons. The summed E-state index contributed by atoms with van der Waals surface area (Å²) < 4.78 is 48.0. The number of benzene rings is 3. The van der Waals surface area contributed by atoms with Gasteiger partial charge in [-0.05, 0) is 116 Å². The van der Waals surface area contributed by atoms with Crippen molar-refractivity contribution in [2.24, 2.45) is 23.7 Å². The van der Waals surface area contributed by atoms with Crippen LogP contribution in [0.2, 0.25) is 0 Å². The molecular weight excluding hydrogens is 766 g/mol. The summed E-state index contributed by atoms with van der Waals surface area (Å²) >= 11 is 0. The molecule has 4 atom stereocenters. The van der Waals surface area contributed by atoms with Gasteiger partial charge < -0.3 is 9.47 Å². The number of halogens is 3. The van der Waals surface area contributed by atoms with Gasteiger partial charge in [0.15, 0.2) is 0 Å². The maximum atomic E-state index is 13.9. The van der Waals surface area contributed by atoms with Gasteiger partial charge in [-0.1, -0.05) is 51.1 Å². The van der Waals surface area contributed by atoms with Crippen molar-refractivity contribution in [3.8, 4) is 5.75 Å². The molecule has 0 N–H and O–H groups in total. The van der Waals surface area contributed by atoms with E-state index in [2.05, 4.69) is 0 Å². The molecule has 3 aliphatic rings. The summed E-state index contributed by atoms with van der Waals surface area (Å²) in [5, 5.41) is 0. The number of nitrogens with zero attached hydrogens (tertiary/aromatic N) is 2. The summed E-state index contributed by atoms with van der Waals surface area (Å²) in [4.78, 5) is 81.6. The highest BCUT2D eigenvalue weighted by atomic mass is 19.4. The van der Waals surface area contributed by atoms with Gasteiger partial charge in [0, 0.05) is 31.4 Å². The van der Waals surface area contributed by atoms with Gasteiger partial charge >= 0.3 is 18.1 Å². The quantitative estimate of drug-likeness (QED) is 0.0556. The van der Waals surface area contributed by atoms with Crippen LogP contribution >= 0.6 is 0 Å². The lowest BCUT2D eigenvalue weighted by Crippen LogP contribution is -2.53. The second kappa shape index (κ2) is 17.3. The largest absolute Gasteiger partial charge is 0.462 e. The molecule has 4 amide bonds. The molecule has 3 aromatic carbocycles. The SMILES string of the molecule is CC(C)N1C(=O)CC2CC3C(=O)N(c4ccc(CCOC(=O)/C=C/c5ccc(OC(=O)c6ccc(CCCCC(F)(F)F)cc6)cc5)c(C(C)(C)C)c4)C(=O)C3C2C1=O. The van der Waals surface area contributed by atoms with Crippen LogP contribution < -0.4 is 9.64 Å². The predicted octanol–water partition coefficient (Wildman–Crippen LogP) is 8.19. The van der Waals surface area contributed by atoms with Crippen molar-refractivity contribution >= 4 is 47.3 Å². The topological polar surface area (TPSA) is 127 Å². The van der Waals surface area contributed by atoms with Crippen molar-refractivity contribution in [3.05, 3.63) is 101 Å². The van der Waals surface area contributed by atoms with Gasteiger partial charge in [-0.15, -0.1) is 0 Å². The third kappa shape index (κ3) is 9.83. The minimum Gasteiger partial charge on any atom is -0.462 e. The van der Waals surface area contributed by atoms with E-state index in [0.717, 1.165) is 16.7 Å². The van der Waals surface area contributed by atoms with Crippen LogP contribution in [-0.2, 0) is 47.0 Å². The first-order valence-electron chi connectivity index (χ1n) is 20.0. The van der Waals surface area contributed by atoms with Crippen LogP contribution in [-0.4, -0.2) is 59.3 Å². The van der Waals surface area contributed by atoms with E-state index in [1.54, 1.807) is 74.5 Å². The van der Waals surface area contributed by atoms with E-state index in [0.29, 0.717) is 42.5 Å². The number of fused-ring (bicyclic) bond motifs is 3. The Morgan fingerprint density at radius 3 is 2.19 bits per heavy atom. The lowest BCUT2D eigenvalue weighted by Gasteiger charge is -2.37. The van der Waals surface area contributed by atoms with Gasteiger partial charge in [0.2, 0.25) is 23.6 Å². The highest BCUT2D eigenvalue weighted by molar-refractivity contribution is 6.23. The summed E-state index contributed by atoms with van der Waals surface area (Å²) in [6.45, 7) is 9.63. The van der Waals surface area contributed by atoms with Crippen LogP contribution in [0, 0.1) is 23.7 Å². The molecule has 2 heterocycles. The summed E-state index contributed by atoms with van der Waals surface area (Å²) in [7, 11) is 0. The van der Waals surface area contributed by atoms with Gasteiger partial charge in [0.25, 0.3) is 0 Å². The Bertz CT molecular complexity index is 2140. The Labute approximate surface area is 341 Å². The first-order chi connectivity index (χ1) is 27.8. The van der Waals surface area contributed by atoms with Gasteiger partial charge in [-0.25, -0.2) is 9.59 Å². The highest BCUT2D eigenvalue weighted by Crippen LogP contribution is 2.52. The Balaban J connectivity index is 1.01. The molecule has 10 nitrogen and oxygen atoms in total. The lowest BCUT2D eigenvalue weighted by molar-refractivity contribution is -0.158. The van der Waals surface area contributed by atoms with E-state index >= 15 is 0 Å².